The summed E-state index contributed by atoms with van der Waals surface area (Å²) in [6, 6.07) is 0. The van der Waals surface area contributed by atoms with Gasteiger partial charge in [-0.05, 0) is 21.0 Å². The van der Waals surface area contributed by atoms with E-state index in [0.29, 0.717) is 6.67 Å². The Bertz CT molecular complexity index is 174. The van der Waals surface area contributed by atoms with Gasteiger partial charge in [-0.3, -0.25) is 4.90 Å². The van der Waals surface area contributed by atoms with Crippen LogP contribution in [0.1, 0.15) is 6.92 Å². The van der Waals surface area contributed by atoms with Crippen LogP contribution in [0.3, 0.4) is 0 Å². The lowest BCUT2D eigenvalue weighted by molar-refractivity contribution is 0.399. The number of nitrogens with zero attached hydrogens (tertiary/aromatic N) is 1. The van der Waals surface area contributed by atoms with E-state index >= 15 is 0 Å². The van der Waals surface area contributed by atoms with Crippen LogP contribution in [-0.4, -0.2) is 39.8 Å². The van der Waals surface area contributed by atoms with Crippen LogP contribution >= 0.6 is 0 Å². The minimum atomic E-state index is -3.01. The van der Waals surface area contributed by atoms with Gasteiger partial charge in [0.15, 0.2) is 0 Å². The number of hydrogen-bond donors (Lipinski definition) is 1. The zero-order valence-corrected chi connectivity index (χ0v) is 7.40. The molecule has 0 bridgehead atoms. The predicted molar refractivity (Wildman–Crippen MR) is 41.2 cm³/mol. The molecule has 0 atom stereocenters. The van der Waals surface area contributed by atoms with Gasteiger partial charge in [0.2, 0.25) is 10.0 Å². The van der Waals surface area contributed by atoms with Gasteiger partial charge in [-0.15, -0.1) is 0 Å². The first kappa shape index (κ1) is 9.87. The maximum Gasteiger partial charge on any atom is 0.212 e. The highest BCUT2D eigenvalue weighted by Gasteiger charge is 2.04. The summed E-state index contributed by atoms with van der Waals surface area (Å²) in [6.07, 6.45) is 0. The van der Waals surface area contributed by atoms with Crippen molar-refractivity contribution in [3.05, 3.63) is 0 Å². The first-order valence-corrected chi connectivity index (χ1v) is 4.75. The molecule has 0 saturated heterocycles. The molecule has 0 radical (unpaired) electrons. The molecule has 62 valence electrons. The fourth-order valence-electron chi connectivity index (χ4n) is 0.330. The Morgan fingerprint density at radius 1 is 1.40 bits per heavy atom. The van der Waals surface area contributed by atoms with Crippen molar-refractivity contribution >= 4 is 10.0 Å². The van der Waals surface area contributed by atoms with Crippen molar-refractivity contribution in [2.45, 2.75) is 6.92 Å². The molecule has 10 heavy (non-hydrogen) atoms. The Morgan fingerprint density at radius 2 is 1.90 bits per heavy atom. The highest BCUT2D eigenvalue weighted by atomic mass is 32.2. The second-order valence-corrected chi connectivity index (χ2v) is 4.38. The Labute approximate surface area is 62.3 Å². The molecule has 0 rings (SSSR count). The lowest BCUT2D eigenvalue weighted by atomic mass is 10.9. The van der Waals surface area contributed by atoms with Gasteiger partial charge in [-0.2, -0.15) is 0 Å². The normalized spacial score (nSPS) is 12.4. The summed E-state index contributed by atoms with van der Waals surface area (Å²) in [7, 11) is 0.601. The summed E-state index contributed by atoms with van der Waals surface area (Å²) < 4.78 is 23.9. The molecule has 0 aromatic rings. The van der Waals surface area contributed by atoms with Gasteiger partial charge in [-0.25, -0.2) is 13.1 Å². The van der Waals surface area contributed by atoms with E-state index in [9.17, 15) is 8.42 Å². The van der Waals surface area contributed by atoms with Crippen LogP contribution in [0.5, 0.6) is 0 Å². The summed E-state index contributed by atoms with van der Waals surface area (Å²) in [5, 5.41) is 0. The molecule has 0 aliphatic rings. The zero-order chi connectivity index (χ0) is 8.20. The van der Waals surface area contributed by atoms with Crippen LogP contribution in [0.25, 0.3) is 0 Å². The summed E-state index contributed by atoms with van der Waals surface area (Å²) in [6.45, 7) is 1.98. The summed E-state index contributed by atoms with van der Waals surface area (Å²) in [5.74, 6) is 0.140. The standard InChI is InChI=1S/C5H14N2O2S/c1-4-10(8,9)6-5-7(2)3/h6H,4-5H2,1-3H3. The molecule has 0 aliphatic carbocycles. The Kier molecular flexibility index (Phi) is 3.85. The minimum absolute atomic E-state index is 0.140. The molecule has 0 unspecified atom stereocenters. The lowest BCUT2D eigenvalue weighted by Gasteiger charge is -2.09. The van der Waals surface area contributed by atoms with E-state index in [1.807, 2.05) is 0 Å². The number of hydrogen-bond acceptors (Lipinski definition) is 3. The third kappa shape index (κ3) is 4.72. The van der Waals surface area contributed by atoms with Crippen LogP contribution in [0.15, 0.2) is 0 Å². The van der Waals surface area contributed by atoms with Gasteiger partial charge in [0.25, 0.3) is 0 Å². The van der Waals surface area contributed by atoms with Crippen LogP contribution < -0.4 is 4.72 Å². The second-order valence-electron chi connectivity index (χ2n) is 2.29. The van der Waals surface area contributed by atoms with Gasteiger partial charge < -0.3 is 0 Å². The van der Waals surface area contributed by atoms with Crippen LogP contribution in [-0.2, 0) is 10.0 Å². The Balaban J connectivity index is 3.70. The molecule has 0 aliphatic heterocycles. The molecule has 5 heteroatoms. The van der Waals surface area contributed by atoms with E-state index in [1.165, 1.54) is 0 Å². The average Bonchev–Trinajstić information content (AvgIpc) is 1.85. The lowest BCUT2D eigenvalue weighted by Crippen LogP contribution is -2.33. The highest BCUT2D eigenvalue weighted by Crippen LogP contribution is 1.81. The van der Waals surface area contributed by atoms with E-state index in [0.717, 1.165) is 0 Å². The Hall–Kier alpha value is -0.130. The number of rotatable bonds is 4. The molecular formula is C5H14N2O2S. The van der Waals surface area contributed by atoms with Gasteiger partial charge in [0, 0.05) is 0 Å². The molecule has 0 spiro atoms. The van der Waals surface area contributed by atoms with Crippen molar-refractivity contribution in [2.24, 2.45) is 0 Å². The van der Waals surface area contributed by atoms with Crippen LogP contribution in [0, 0.1) is 0 Å². The molecule has 0 fully saturated rings. The van der Waals surface area contributed by atoms with Crippen molar-refractivity contribution in [3.63, 3.8) is 0 Å². The fourth-order valence-corrected chi connectivity index (χ4v) is 0.989. The van der Waals surface area contributed by atoms with E-state index in [2.05, 4.69) is 4.72 Å². The maximum atomic E-state index is 10.8. The Morgan fingerprint density at radius 3 is 2.20 bits per heavy atom. The first-order valence-electron chi connectivity index (χ1n) is 3.10. The number of nitrogens with one attached hydrogen (secondary N) is 1. The third-order valence-corrected chi connectivity index (χ3v) is 2.31. The monoisotopic (exact) mass is 166 g/mol. The molecule has 0 amide bonds. The molecule has 0 heterocycles. The van der Waals surface area contributed by atoms with Gasteiger partial charge in [0.05, 0.1) is 12.4 Å². The van der Waals surface area contributed by atoms with E-state index in [1.54, 1.807) is 25.9 Å². The number of sulfonamides is 1. The summed E-state index contributed by atoms with van der Waals surface area (Å²) in [4.78, 5) is 1.76. The van der Waals surface area contributed by atoms with Gasteiger partial charge in [-0.1, -0.05) is 0 Å². The second kappa shape index (κ2) is 3.90. The summed E-state index contributed by atoms with van der Waals surface area (Å²) >= 11 is 0. The SMILES string of the molecule is CCS(=O)(=O)NCN(C)C. The van der Waals surface area contributed by atoms with Crippen molar-refractivity contribution in [1.29, 1.82) is 0 Å². The van der Waals surface area contributed by atoms with Crippen molar-refractivity contribution < 1.29 is 8.42 Å². The highest BCUT2D eigenvalue weighted by molar-refractivity contribution is 7.89. The van der Waals surface area contributed by atoms with Crippen LogP contribution in [0.4, 0.5) is 0 Å². The van der Waals surface area contributed by atoms with E-state index in [4.69, 9.17) is 0 Å². The smallest absolute Gasteiger partial charge is 0.212 e. The summed E-state index contributed by atoms with van der Waals surface area (Å²) in [5.41, 5.74) is 0. The molecule has 0 aromatic carbocycles. The van der Waals surface area contributed by atoms with Crippen LogP contribution in [0.2, 0.25) is 0 Å². The molecular weight excluding hydrogens is 152 g/mol. The van der Waals surface area contributed by atoms with Crippen molar-refractivity contribution in [3.8, 4) is 0 Å². The minimum Gasteiger partial charge on any atom is -0.296 e. The molecule has 4 nitrogen and oxygen atoms in total. The average molecular weight is 166 g/mol. The molecule has 0 aromatic heterocycles. The van der Waals surface area contributed by atoms with Crippen molar-refractivity contribution in [1.82, 2.24) is 9.62 Å². The fraction of sp³-hybridized carbons (Fsp3) is 1.00. The third-order valence-electron chi connectivity index (χ3n) is 0.981. The predicted octanol–water partition coefficient (Wildman–Crippen LogP) is -0.555. The zero-order valence-electron chi connectivity index (χ0n) is 6.59. The maximum absolute atomic E-state index is 10.8. The van der Waals surface area contributed by atoms with E-state index < -0.39 is 10.0 Å². The van der Waals surface area contributed by atoms with Crippen molar-refractivity contribution in [2.75, 3.05) is 26.5 Å². The molecule has 1 N–H and O–H groups in total. The largest absolute Gasteiger partial charge is 0.296 e. The van der Waals surface area contributed by atoms with Gasteiger partial charge in [0.1, 0.15) is 0 Å². The first-order chi connectivity index (χ1) is 4.48. The van der Waals surface area contributed by atoms with E-state index in [-0.39, 0.29) is 5.75 Å². The molecule has 0 saturated carbocycles. The topological polar surface area (TPSA) is 49.4 Å². The van der Waals surface area contributed by atoms with Gasteiger partial charge >= 0.3 is 0 Å². The quantitative estimate of drug-likeness (QED) is 0.570.